The van der Waals surface area contributed by atoms with Gasteiger partial charge >= 0.3 is 11.1 Å². The van der Waals surface area contributed by atoms with Gasteiger partial charge in [-0.05, 0) is 36.6 Å². The number of H-pyrrole nitrogens is 2. The van der Waals surface area contributed by atoms with Crippen molar-refractivity contribution in [3.05, 3.63) is 81.0 Å². The van der Waals surface area contributed by atoms with Crippen molar-refractivity contribution in [3.63, 3.8) is 0 Å². The van der Waals surface area contributed by atoms with E-state index >= 15 is 0 Å². The fraction of sp³-hybridized carbons (Fsp3) is 0.227. The molecule has 4 rings (SSSR count). The second-order valence-electron chi connectivity index (χ2n) is 6.99. The van der Waals surface area contributed by atoms with Crippen molar-refractivity contribution < 1.29 is 4.79 Å². The molecule has 0 atom stereocenters. The maximum atomic E-state index is 12.2. The third-order valence-corrected chi connectivity index (χ3v) is 5.06. The summed E-state index contributed by atoms with van der Waals surface area (Å²) in [5, 5.41) is 4.03. The molecular weight excluding hydrogens is 368 g/mol. The molecule has 2 heterocycles. The van der Waals surface area contributed by atoms with E-state index in [2.05, 4.69) is 21.4 Å². The number of rotatable bonds is 7. The second-order valence-corrected chi connectivity index (χ2v) is 6.99. The largest absolute Gasteiger partial charge is 0.361 e. The van der Waals surface area contributed by atoms with Gasteiger partial charge in [-0.25, -0.2) is 0 Å². The van der Waals surface area contributed by atoms with Gasteiger partial charge in [0.25, 0.3) is 0 Å². The lowest BCUT2D eigenvalue weighted by molar-refractivity contribution is -0.121. The standard InChI is InChI=1S/C22H22N4O3/c27-20(11-5-6-15-14-24-17-8-2-1-7-16(15)17)23-12-13-26-19-10-4-3-9-18(19)25-21(28)22(26)29/h1-4,7-10,14,24H,5-6,11-13H2,(H,23,27)(H,25,28). The number of carbonyl (C=O) groups is 1. The number of nitrogens with one attached hydrogen (secondary N) is 3. The number of para-hydroxylation sites is 3. The van der Waals surface area contributed by atoms with Crippen LogP contribution in [0.2, 0.25) is 0 Å². The normalized spacial score (nSPS) is 11.2. The first-order valence-corrected chi connectivity index (χ1v) is 9.67. The number of nitrogens with zero attached hydrogens (tertiary/aromatic N) is 1. The molecule has 0 aliphatic heterocycles. The van der Waals surface area contributed by atoms with Gasteiger partial charge in [-0.3, -0.25) is 14.4 Å². The minimum Gasteiger partial charge on any atom is -0.361 e. The van der Waals surface area contributed by atoms with Crippen LogP contribution in [-0.4, -0.2) is 27.0 Å². The summed E-state index contributed by atoms with van der Waals surface area (Å²) in [6.07, 6.45) is 3.95. The molecule has 0 unspecified atom stereocenters. The Morgan fingerprint density at radius 3 is 2.62 bits per heavy atom. The van der Waals surface area contributed by atoms with Crippen LogP contribution in [0.4, 0.5) is 0 Å². The predicted octanol–water partition coefficient (Wildman–Crippen LogP) is 2.31. The van der Waals surface area contributed by atoms with Crippen LogP contribution in [0.5, 0.6) is 0 Å². The van der Waals surface area contributed by atoms with Crippen LogP contribution in [0.3, 0.4) is 0 Å². The van der Waals surface area contributed by atoms with Gasteiger partial charge in [0.2, 0.25) is 5.91 Å². The number of aromatic amines is 2. The number of aromatic nitrogens is 3. The molecule has 0 radical (unpaired) electrons. The summed E-state index contributed by atoms with van der Waals surface area (Å²) in [7, 11) is 0. The molecule has 0 fully saturated rings. The Hall–Kier alpha value is -3.61. The fourth-order valence-corrected chi connectivity index (χ4v) is 3.62. The molecule has 4 aromatic rings. The average Bonchev–Trinajstić information content (AvgIpc) is 3.14. The Morgan fingerprint density at radius 2 is 1.76 bits per heavy atom. The maximum Gasteiger partial charge on any atom is 0.316 e. The highest BCUT2D eigenvalue weighted by Crippen LogP contribution is 2.19. The zero-order chi connectivity index (χ0) is 20.2. The minimum atomic E-state index is -0.659. The summed E-state index contributed by atoms with van der Waals surface area (Å²) in [6, 6.07) is 15.2. The quantitative estimate of drug-likeness (QED) is 0.422. The van der Waals surface area contributed by atoms with E-state index in [1.807, 2.05) is 24.4 Å². The molecule has 2 aromatic heterocycles. The summed E-state index contributed by atoms with van der Waals surface area (Å²) in [5.74, 6) is -0.0629. The van der Waals surface area contributed by atoms with Gasteiger partial charge in [-0.2, -0.15) is 0 Å². The molecule has 29 heavy (non-hydrogen) atoms. The van der Waals surface area contributed by atoms with E-state index in [0.717, 1.165) is 18.4 Å². The van der Waals surface area contributed by atoms with Gasteiger partial charge in [-0.15, -0.1) is 0 Å². The summed E-state index contributed by atoms with van der Waals surface area (Å²) in [5.41, 5.74) is 2.27. The number of hydrogen-bond donors (Lipinski definition) is 3. The van der Waals surface area contributed by atoms with Crippen molar-refractivity contribution in [1.82, 2.24) is 19.9 Å². The lowest BCUT2D eigenvalue weighted by atomic mass is 10.1. The molecular formula is C22H22N4O3. The first-order chi connectivity index (χ1) is 14.1. The van der Waals surface area contributed by atoms with E-state index in [-0.39, 0.29) is 12.5 Å². The van der Waals surface area contributed by atoms with E-state index in [9.17, 15) is 14.4 Å². The molecule has 0 aliphatic carbocycles. The number of benzene rings is 2. The highest BCUT2D eigenvalue weighted by molar-refractivity contribution is 5.83. The molecule has 0 aliphatic rings. The summed E-state index contributed by atoms with van der Waals surface area (Å²) < 4.78 is 1.40. The number of amides is 1. The number of hydrogen-bond acceptors (Lipinski definition) is 3. The molecule has 0 bridgehead atoms. The second kappa shape index (κ2) is 8.18. The molecule has 0 saturated carbocycles. The maximum absolute atomic E-state index is 12.2. The van der Waals surface area contributed by atoms with Crippen molar-refractivity contribution in [2.75, 3.05) is 6.54 Å². The highest BCUT2D eigenvalue weighted by Gasteiger charge is 2.08. The Balaban J connectivity index is 1.32. The zero-order valence-corrected chi connectivity index (χ0v) is 15.9. The summed E-state index contributed by atoms with van der Waals surface area (Å²) in [4.78, 5) is 42.0. The zero-order valence-electron chi connectivity index (χ0n) is 15.9. The lowest BCUT2D eigenvalue weighted by Crippen LogP contribution is -2.39. The smallest absolute Gasteiger partial charge is 0.316 e. The first kappa shape index (κ1) is 18.7. The minimum absolute atomic E-state index is 0.0629. The topological polar surface area (TPSA) is 99.8 Å². The Bertz CT molecular complexity index is 1280. The Morgan fingerprint density at radius 1 is 1.00 bits per heavy atom. The SMILES string of the molecule is O=C(CCCc1c[nH]c2ccccc12)NCCn1c(=O)c(=O)[nH]c2ccccc21. The van der Waals surface area contributed by atoms with Gasteiger partial charge < -0.3 is 19.9 Å². The van der Waals surface area contributed by atoms with Gasteiger partial charge in [0.15, 0.2) is 0 Å². The number of aryl methyl sites for hydroxylation is 1. The molecule has 7 nitrogen and oxygen atoms in total. The lowest BCUT2D eigenvalue weighted by Gasteiger charge is -2.10. The van der Waals surface area contributed by atoms with Crippen LogP contribution in [0, 0.1) is 0 Å². The monoisotopic (exact) mass is 390 g/mol. The van der Waals surface area contributed by atoms with Crippen LogP contribution in [-0.2, 0) is 17.8 Å². The average molecular weight is 390 g/mol. The van der Waals surface area contributed by atoms with E-state index in [0.29, 0.717) is 24.0 Å². The molecule has 2 aromatic carbocycles. The summed E-state index contributed by atoms with van der Waals surface area (Å²) in [6.45, 7) is 0.538. The van der Waals surface area contributed by atoms with Gasteiger partial charge in [0, 0.05) is 36.6 Å². The first-order valence-electron chi connectivity index (χ1n) is 9.67. The van der Waals surface area contributed by atoms with Gasteiger partial charge in [0.05, 0.1) is 11.0 Å². The third-order valence-electron chi connectivity index (χ3n) is 5.06. The van der Waals surface area contributed by atoms with Crippen LogP contribution < -0.4 is 16.4 Å². The number of carbonyl (C=O) groups excluding carboxylic acids is 1. The van der Waals surface area contributed by atoms with Crippen molar-refractivity contribution >= 4 is 27.8 Å². The van der Waals surface area contributed by atoms with Gasteiger partial charge in [0.1, 0.15) is 0 Å². The molecule has 1 amide bonds. The third kappa shape index (κ3) is 3.99. The van der Waals surface area contributed by atoms with Crippen LogP contribution in [0.1, 0.15) is 18.4 Å². The van der Waals surface area contributed by atoms with Crippen LogP contribution >= 0.6 is 0 Å². The van der Waals surface area contributed by atoms with E-state index in [1.165, 1.54) is 15.5 Å². The van der Waals surface area contributed by atoms with E-state index in [4.69, 9.17) is 0 Å². The van der Waals surface area contributed by atoms with Crippen molar-refractivity contribution in [1.29, 1.82) is 0 Å². The predicted molar refractivity (Wildman–Crippen MR) is 113 cm³/mol. The molecule has 3 N–H and O–H groups in total. The highest BCUT2D eigenvalue weighted by atomic mass is 16.2. The molecule has 0 spiro atoms. The van der Waals surface area contributed by atoms with E-state index < -0.39 is 11.1 Å². The van der Waals surface area contributed by atoms with Crippen LogP contribution in [0.25, 0.3) is 21.9 Å². The molecule has 0 saturated heterocycles. The molecule has 7 heteroatoms. The Labute approximate surface area is 166 Å². The fourth-order valence-electron chi connectivity index (χ4n) is 3.62. The summed E-state index contributed by atoms with van der Waals surface area (Å²) >= 11 is 0. The van der Waals surface area contributed by atoms with Crippen molar-refractivity contribution in [3.8, 4) is 0 Å². The van der Waals surface area contributed by atoms with Crippen LogP contribution in [0.15, 0.2) is 64.3 Å². The van der Waals surface area contributed by atoms with E-state index in [1.54, 1.807) is 24.3 Å². The number of fused-ring (bicyclic) bond motifs is 2. The molecule has 148 valence electrons. The van der Waals surface area contributed by atoms with Crippen molar-refractivity contribution in [2.24, 2.45) is 0 Å². The van der Waals surface area contributed by atoms with Crippen molar-refractivity contribution in [2.45, 2.75) is 25.8 Å². The van der Waals surface area contributed by atoms with Gasteiger partial charge in [-0.1, -0.05) is 30.3 Å². The Kier molecular flexibility index (Phi) is 5.29.